The zero-order valence-corrected chi connectivity index (χ0v) is 9.48. The van der Waals surface area contributed by atoms with Crippen molar-refractivity contribution in [1.29, 1.82) is 0 Å². The van der Waals surface area contributed by atoms with E-state index in [2.05, 4.69) is 5.32 Å². The Kier molecular flexibility index (Phi) is 4.88. The molecule has 0 saturated heterocycles. The topological polar surface area (TPSA) is 32.3 Å². The Hall–Kier alpha value is -0.500. The third-order valence-corrected chi connectivity index (χ3v) is 3.14. The van der Waals surface area contributed by atoms with Crippen LogP contribution in [0, 0.1) is 5.92 Å². The molecule has 0 radical (unpaired) electrons. The van der Waals surface area contributed by atoms with E-state index in [4.69, 9.17) is 5.11 Å². The van der Waals surface area contributed by atoms with Crippen molar-refractivity contribution in [1.82, 2.24) is 5.32 Å². The van der Waals surface area contributed by atoms with Gasteiger partial charge in [0, 0.05) is 12.6 Å². The summed E-state index contributed by atoms with van der Waals surface area (Å²) < 4.78 is 73.9. The highest BCUT2D eigenvalue weighted by atomic mass is 19.4. The fourth-order valence-electron chi connectivity index (χ4n) is 2.15. The second-order valence-corrected chi connectivity index (χ2v) is 4.50. The van der Waals surface area contributed by atoms with Crippen LogP contribution in [0.5, 0.6) is 0 Å². The number of aliphatic hydroxyl groups is 1. The lowest BCUT2D eigenvalue weighted by molar-refractivity contribution is -0.206. The summed E-state index contributed by atoms with van der Waals surface area (Å²) in [6, 6.07) is -1.05. The number of rotatable bonds is 3. The molecule has 1 aliphatic rings. The molecule has 1 rings (SSSR count). The summed E-state index contributed by atoms with van der Waals surface area (Å²) in [6.45, 7) is -0.902. The average Bonchev–Trinajstić information content (AvgIpc) is 2.23. The second-order valence-electron chi connectivity index (χ2n) is 4.50. The zero-order valence-electron chi connectivity index (χ0n) is 9.48. The first-order valence-electron chi connectivity index (χ1n) is 5.67. The first-order chi connectivity index (χ1) is 8.12. The maximum atomic E-state index is 12.6. The van der Waals surface area contributed by atoms with E-state index in [9.17, 15) is 26.3 Å². The highest BCUT2D eigenvalue weighted by Crippen LogP contribution is 2.37. The van der Waals surface area contributed by atoms with Gasteiger partial charge in [-0.25, -0.2) is 0 Å². The Bertz CT molecular complexity index is 264. The Morgan fingerprint density at radius 2 is 1.61 bits per heavy atom. The predicted octanol–water partition coefficient (Wildman–Crippen LogP) is 2.62. The Morgan fingerprint density at radius 1 is 1.06 bits per heavy atom. The van der Waals surface area contributed by atoms with Gasteiger partial charge in [-0.2, -0.15) is 26.3 Å². The molecular formula is C10H15F6NO. The summed E-state index contributed by atoms with van der Waals surface area (Å²) in [5.41, 5.74) is 0. The van der Waals surface area contributed by atoms with Crippen molar-refractivity contribution in [2.75, 3.05) is 6.54 Å². The molecule has 1 aliphatic carbocycles. The third kappa shape index (κ3) is 4.31. The minimum Gasteiger partial charge on any atom is -0.382 e. The van der Waals surface area contributed by atoms with Crippen LogP contribution in [0.1, 0.15) is 25.7 Å². The molecule has 0 aromatic heterocycles. The third-order valence-electron chi connectivity index (χ3n) is 3.14. The van der Waals surface area contributed by atoms with Crippen LogP contribution < -0.4 is 5.32 Å². The fourth-order valence-corrected chi connectivity index (χ4v) is 2.15. The minimum absolute atomic E-state index is 0.0801. The van der Waals surface area contributed by atoms with E-state index in [1.807, 2.05) is 0 Å². The molecule has 3 atom stereocenters. The number of hydrogen-bond donors (Lipinski definition) is 2. The van der Waals surface area contributed by atoms with E-state index in [1.54, 1.807) is 0 Å². The fraction of sp³-hybridized carbons (Fsp3) is 1.00. The minimum atomic E-state index is -4.81. The monoisotopic (exact) mass is 279 g/mol. The highest BCUT2D eigenvalue weighted by molar-refractivity contribution is 4.86. The van der Waals surface area contributed by atoms with Crippen LogP contribution in [0.25, 0.3) is 0 Å². The average molecular weight is 279 g/mol. The number of hydrogen-bond acceptors (Lipinski definition) is 2. The molecule has 1 saturated carbocycles. The number of aliphatic hydroxyl groups excluding tert-OH is 1. The van der Waals surface area contributed by atoms with Crippen LogP contribution in [0.3, 0.4) is 0 Å². The highest BCUT2D eigenvalue weighted by Gasteiger charge is 2.46. The summed E-state index contributed by atoms with van der Waals surface area (Å²) in [5, 5.41) is 10.9. The molecule has 2 N–H and O–H groups in total. The number of alkyl halides is 6. The van der Waals surface area contributed by atoms with Gasteiger partial charge in [0.05, 0.1) is 5.92 Å². The van der Waals surface area contributed by atoms with E-state index in [0.717, 1.165) is 0 Å². The van der Waals surface area contributed by atoms with Gasteiger partial charge in [0.25, 0.3) is 0 Å². The quantitative estimate of drug-likeness (QED) is 0.778. The van der Waals surface area contributed by atoms with Crippen molar-refractivity contribution in [2.24, 2.45) is 5.92 Å². The summed E-state index contributed by atoms with van der Waals surface area (Å²) in [7, 11) is 0. The SMILES string of the molecule is O[C@H](CN[C@@H]1CCCC[C@H]1C(F)(F)F)C(F)(F)F. The van der Waals surface area contributed by atoms with Gasteiger partial charge < -0.3 is 10.4 Å². The lowest BCUT2D eigenvalue weighted by Crippen LogP contribution is -2.49. The number of halogens is 6. The van der Waals surface area contributed by atoms with Crippen LogP contribution in [-0.2, 0) is 0 Å². The molecule has 0 aromatic carbocycles. The van der Waals surface area contributed by atoms with Crippen molar-refractivity contribution in [2.45, 2.75) is 50.2 Å². The van der Waals surface area contributed by atoms with Crippen LogP contribution >= 0.6 is 0 Å². The summed E-state index contributed by atoms with van der Waals surface area (Å²) >= 11 is 0. The van der Waals surface area contributed by atoms with Crippen molar-refractivity contribution in [3.63, 3.8) is 0 Å². The van der Waals surface area contributed by atoms with Crippen molar-refractivity contribution >= 4 is 0 Å². The van der Waals surface area contributed by atoms with Gasteiger partial charge in [0.2, 0.25) is 0 Å². The van der Waals surface area contributed by atoms with Crippen molar-refractivity contribution in [3.8, 4) is 0 Å². The molecule has 8 heteroatoms. The van der Waals surface area contributed by atoms with Gasteiger partial charge in [-0.1, -0.05) is 12.8 Å². The van der Waals surface area contributed by atoms with Gasteiger partial charge in [-0.15, -0.1) is 0 Å². The lowest BCUT2D eigenvalue weighted by atomic mass is 9.84. The van der Waals surface area contributed by atoms with Crippen molar-refractivity contribution < 1.29 is 31.4 Å². The molecule has 108 valence electrons. The molecule has 0 amide bonds. The van der Waals surface area contributed by atoms with E-state index < -0.39 is 37.0 Å². The maximum absolute atomic E-state index is 12.6. The zero-order chi connectivity index (χ0) is 14.0. The second kappa shape index (κ2) is 5.64. The van der Waals surface area contributed by atoms with E-state index in [0.29, 0.717) is 12.8 Å². The molecule has 0 aromatic rings. The molecule has 1 fully saturated rings. The Labute approximate surface area is 100 Å². The van der Waals surface area contributed by atoms with Gasteiger partial charge in [0.1, 0.15) is 0 Å². The van der Waals surface area contributed by atoms with E-state index in [1.165, 1.54) is 0 Å². The molecule has 0 spiro atoms. The van der Waals surface area contributed by atoms with E-state index >= 15 is 0 Å². The summed E-state index contributed by atoms with van der Waals surface area (Å²) in [4.78, 5) is 0. The normalized spacial score (nSPS) is 28.2. The number of nitrogens with one attached hydrogen (secondary N) is 1. The molecule has 18 heavy (non-hydrogen) atoms. The van der Waals surface area contributed by atoms with Crippen LogP contribution in [0.2, 0.25) is 0 Å². The van der Waals surface area contributed by atoms with Gasteiger partial charge in [-0.3, -0.25) is 0 Å². The van der Waals surface area contributed by atoms with Crippen LogP contribution in [0.4, 0.5) is 26.3 Å². The van der Waals surface area contributed by atoms with Gasteiger partial charge in [-0.05, 0) is 12.8 Å². The van der Waals surface area contributed by atoms with Crippen LogP contribution in [-0.4, -0.2) is 36.1 Å². The van der Waals surface area contributed by atoms with Gasteiger partial charge in [0.15, 0.2) is 6.10 Å². The first kappa shape index (κ1) is 15.6. The summed E-state index contributed by atoms with van der Waals surface area (Å²) in [6.07, 6.45) is -10.8. The molecule has 2 nitrogen and oxygen atoms in total. The molecule has 0 heterocycles. The predicted molar refractivity (Wildman–Crippen MR) is 51.9 cm³/mol. The van der Waals surface area contributed by atoms with Gasteiger partial charge >= 0.3 is 12.4 Å². The van der Waals surface area contributed by atoms with Crippen LogP contribution in [0.15, 0.2) is 0 Å². The molecule has 0 aliphatic heterocycles. The lowest BCUT2D eigenvalue weighted by Gasteiger charge is -2.34. The molecule has 0 unspecified atom stereocenters. The Balaban J connectivity index is 2.53. The standard InChI is InChI=1S/C10H15F6NO/c11-9(12,13)6-3-1-2-4-7(6)17-5-8(18)10(14,15)16/h6-8,17-18H,1-5H2/t6-,7-,8-/m1/s1. The largest absolute Gasteiger partial charge is 0.415 e. The Morgan fingerprint density at radius 3 is 2.11 bits per heavy atom. The molecular weight excluding hydrogens is 264 g/mol. The van der Waals surface area contributed by atoms with Crippen molar-refractivity contribution in [3.05, 3.63) is 0 Å². The smallest absolute Gasteiger partial charge is 0.382 e. The summed E-state index contributed by atoms with van der Waals surface area (Å²) in [5.74, 6) is -1.63. The van der Waals surface area contributed by atoms with E-state index in [-0.39, 0.29) is 12.8 Å². The molecule has 0 bridgehead atoms. The maximum Gasteiger partial charge on any atom is 0.415 e. The first-order valence-corrected chi connectivity index (χ1v) is 5.67.